The Hall–Kier alpha value is -0.580. The third kappa shape index (κ3) is 4.51. The number of nitrogens with one attached hydrogen (secondary N) is 1. The molecular formula is C12H18FNOS. The van der Waals surface area contributed by atoms with Crippen LogP contribution in [-0.4, -0.2) is 24.0 Å². The predicted molar refractivity (Wildman–Crippen MR) is 66.2 cm³/mol. The lowest BCUT2D eigenvalue weighted by Gasteiger charge is -2.06. The van der Waals surface area contributed by atoms with Crippen LogP contribution in [0.25, 0.3) is 0 Å². The van der Waals surface area contributed by atoms with Gasteiger partial charge in [-0.15, -0.1) is 11.8 Å². The molecule has 0 atom stereocenters. The monoisotopic (exact) mass is 243 g/mol. The van der Waals surface area contributed by atoms with Crippen molar-refractivity contribution in [1.29, 1.82) is 0 Å². The molecule has 1 aromatic carbocycles. The van der Waals surface area contributed by atoms with Crippen LogP contribution in [0.3, 0.4) is 0 Å². The van der Waals surface area contributed by atoms with E-state index in [2.05, 4.69) is 5.32 Å². The van der Waals surface area contributed by atoms with E-state index in [1.54, 1.807) is 6.07 Å². The summed E-state index contributed by atoms with van der Waals surface area (Å²) in [5, 5.41) is 11.8. The highest BCUT2D eigenvalue weighted by molar-refractivity contribution is 7.99. The van der Waals surface area contributed by atoms with Crippen LogP contribution in [-0.2, 0) is 6.54 Å². The third-order valence-corrected chi connectivity index (χ3v) is 3.27. The summed E-state index contributed by atoms with van der Waals surface area (Å²) in [6.07, 6.45) is 0.698. The summed E-state index contributed by atoms with van der Waals surface area (Å²) in [7, 11) is 0. The lowest BCUT2D eigenvalue weighted by molar-refractivity contribution is 0.296. The molecule has 0 saturated carbocycles. The van der Waals surface area contributed by atoms with Gasteiger partial charge in [0.2, 0.25) is 0 Å². The summed E-state index contributed by atoms with van der Waals surface area (Å²) < 4.78 is 13.6. The van der Waals surface area contributed by atoms with Crippen molar-refractivity contribution in [1.82, 2.24) is 5.32 Å². The quantitative estimate of drug-likeness (QED) is 0.570. The third-order valence-electron chi connectivity index (χ3n) is 2.14. The Morgan fingerprint density at radius 3 is 2.88 bits per heavy atom. The second-order valence-corrected chi connectivity index (χ2v) is 4.61. The van der Waals surface area contributed by atoms with Gasteiger partial charge in [0.15, 0.2) is 0 Å². The van der Waals surface area contributed by atoms with E-state index in [0.29, 0.717) is 17.9 Å². The molecule has 16 heavy (non-hydrogen) atoms. The molecule has 0 aromatic heterocycles. The van der Waals surface area contributed by atoms with Crippen LogP contribution in [0, 0.1) is 5.82 Å². The van der Waals surface area contributed by atoms with Crippen LogP contribution in [0.15, 0.2) is 23.1 Å². The van der Waals surface area contributed by atoms with Gasteiger partial charge >= 0.3 is 0 Å². The molecular weight excluding hydrogens is 225 g/mol. The summed E-state index contributed by atoms with van der Waals surface area (Å²) in [6.45, 7) is 3.77. The smallest absolute Gasteiger partial charge is 0.137 e. The summed E-state index contributed by atoms with van der Waals surface area (Å²) in [5.41, 5.74) is 0.964. The summed E-state index contributed by atoms with van der Waals surface area (Å²) >= 11 is 1.45. The summed E-state index contributed by atoms with van der Waals surface area (Å²) in [5.74, 6) is 0.582. The molecule has 0 bridgehead atoms. The Balaban J connectivity index is 2.53. The van der Waals surface area contributed by atoms with E-state index in [0.717, 1.165) is 17.9 Å². The average Bonchev–Trinajstić information content (AvgIpc) is 2.29. The first kappa shape index (κ1) is 13.5. The van der Waals surface area contributed by atoms with E-state index in [-0.39, 0.29) is 12.4 Å². The molecule has 0 aliphatic heterocycles. The fraction of sp³-hybridized carbons (Fsp3) is 0.500. The molecule has 0 aliphatic rings. The van der Waals surface area contributed by atoms with Crippen LogP contribution in [0.5, 0.6) is 0 Å². The zero-order valence-electron chi connectivity index (χ0n) is 9.50. The molecule has 0 amide bonds. The standard InChI is InChI=1S/C12H18FNOS/c1-2-14-9-10-4-5-12(11(13)8-10)16-7-3-6-15/h4-5,8,14-15H,2-3,6-7,9H2,1H3. The fourth-order valence-corrected chi connectivity index (χ4v) is 2.14. The van der Waals surface area contributed by atoms with Crippen LogP contribution >= 0.6 is 11.8 Å². The zero-order valence-corrected chi connectivity index (χ0v) is 10.3. The Kier molecular flexibility index (Phi) is 6.45. The lowest BCUT2D eigenvalue weighted by atomic mass is 10.2. The topological polar surface area (TPSA) is 32.3 Å². The molecule has 0 fully saturated rings. The van der Waals surface area contributed by atoms with Gasteiger partial charge < -0.3 is 10.4 Å². The van der Waals surface area contributed by atoms with Crippen LogP contribution in [0.1, 0.15) is 18.9 Å². The van der Waals surface area contributed by atoms with Gasteiger partial charge in [-0.2, -0.15) is 0 Å². The van der Waals surface area contributed by atoms with Crippen molar-refractivity contribution in [2.75, 3.05) is 18.9 Å². The highest BCUT2D eigenvalue weighted by Gasteiger charge is 2.03. The zero-order chi connectivity index (χ0) is 11.8. The Labute approximate surface area is 100 Å². The van der Waals surface area contributed by atoms with Crippen molar-refractivity contribution in [3.8, 4) is 0 Å². The SMILES string of the molecule is CCNCc1ccc(SCCCO)c(F)c1. The van der Waals surface area contributed by atoms with Crippen LogP contribution < -0.4 is 5.32 Å². The first-order valence-corrected chi connectivity index (χ1v) is 6.49. The molecule has 90 valence electrons. The average molecular weight is 243 g/mol. The normalized spacial score (nSPS) is 10.7. The Bertz CT molecular complexity index is 320. The highest BCUT2D eigenvalue weighted by atomic mass is 32.2. The number of aliphatic hydroxyl groups excluding tert-OH is 1. The van der Waals surface area contributed by atoms with Gasteiger partial charge in [0.1, 0.15) is 5.82 Å². The van der Waals surface area contributed by atoms with Crippen molar-refractivity contribution in [3.05, 3.63) is 29.6 Å². The van der Waals surface area contributed by atoms with Gasteiger partial charge in [-0.05, 0) is 30.7 Å². The van der Waals surface area contributed by atoms with Crippen LogP contribution in [0.2, 0.25) is 0 Å². The van der Waals surface area contributed by atoms with E-state index < -0.39 is 0 Å². The Morgan fingerprint density at radius 2 is 2.25 bits per heavy atom. The van der Waals surface area contributed by atoms with E-state index in [4.69, 9.17) is 5.11 Å². The largest absolute Gasteiger partial charge is 0.396 e. The first-order chi connectivity index (χ1) is 7.77. The number of rotatable bonds is 7. The van der Waals surface area contributed by atoms with E-state index in [1.807, 2.05) is 19.1 Å². The maximum Gasteiger partial charge on any atom is 0.137 e. The van der Waals surface area contributed by atoms with Gasteiger partial charge in [-0.25, -0.2) is 4.39 Å². The number of hydrogen-bond donors (Lipinski definition) is 2. The van der Waals surface area contributed by atoms with Crippen molar-refractivity contribution in [2.45, 2.75) is 24.8 Å². The minimum absolute atomic E-state index is 0.160. The molecule has 2 N–H and O–H groups in total. The van der Waals surface area contributed by atoms with E-state index in [9.17, 15) is 4.39 Å². The van der Waals surface area contributed by atoms with Crippen molar-refractivity contribution in [2.24, 2.45) is 0 Å². The van der Waals surface area contributed by atoms with Gasteiger partial charge in [0.25, 0.3) is 0 Å². The summed E-state index contributed by atoms with van der Waals surface area (Å²) in [6, 6.07) is 5.32. The van der Waals surface area contributed by atoms with E-state index in [1.165, 1.54) is 11.8 Å². The van der Waals surface area contributed by atoms with Gasteiger partial charge in [0, 0.05) is 23.8 Å². The molecule has 0 aliphatic carbocycles. The second-order valence-electron chi connectivity index (χ2n) is 3.47. The molecule has 2 nitrogen and oxygen atoms in total. The first-order valence-electron chi connectivity index (χ1n) is 5.50. The molecule has 1 aromatic rings. The molecule has 0 radical (unpaired) electrons. The Morgan fingerprint density at radius 1 is 1.44 bits per heavy atom. The van der Waals surface area contributed by atoms with Crippen molar-refractivity contribution >= 4 is 11.8 Å². The molecule has 4 heteroatoms. The molecule has 0 saturated heterocycles. The minimum Gasteiger partial charge on any atom is -0.396 e. The number of hydrogen-bond acceptors (Lipinski definition) is 3. The number of halogens is 1. The number of aliphatic hydroxyl groups is 1. The van der Waals surface area contributed by atoms with Crippen molar-refractivity contribution in [3.63, 3.8) is 0 Å². The number of benzene rings is 1. The maximum atomic E-state index is 13.6. The maximum absolute atomic E-state index is 13.6. The van der Waals surface area contributed by atoms with Crippen LogP contribution in [0.4, 0.5) is 4.39 Å². The molecule has 0 heterocycles. The van der Waals surface area contributed by atoms with Crippen molar-refractivity contribution < 1.29 is 9.50 Å². The van der Waals surface area contributed by atoms with Gasteiger partial charge in [-0.1, -0.05) is 13.0 Å². The van der Waals surface area contributed by atoms with Gasteiger partial charge in [-0.3, -0.25) is 0 Å². The molecule has 0 spiro atoms. The lowest BCUT2D eigenvalue weighted by Crippen LogP contribution is -2.11. The number of thioether (sulfide) groups is 1. The highest BCUT2D eigenvalue weighted by Crippen LogP contribution is 2.23. The summed E-state index contributed by atoms with van der Waals surface area (Å²) in [4.78, 5) is 0.661. The second kappa shape index (κ2) is 7.65. The predicted octanol–water partition coefficient (Wildman–Crippen LogP) is 2.41. The van der Waals surface area contributed by atoms with Gasteiger partial charge in [0.05, 0.1) is 0 Å². The molecule has 0 unspecified atom stereocenters. The minimum atomic E-state index is -0.168. The van der Waals surface area contributed by atoms with E-state index >= 15 is 0 Å². The molecule has 1 rings (SSSR count). The fourth-order valence-electron chi connectivity index (χ4n) is 1.29.